The lowest BCUT2D eigenvalue weighted by molar-refractivity contribution is -0.145. The number of carbonyl (C=O) groups is 2. The van der Waals surface area contributed by atoms with Crippen LogP contribution in [-0.4, -0.2) is 25.0 Å². The van der Waals surface area contributed by atoms with Gasteiger partial charge < -0.3 is 9.47 Å². The zero-order chi connectivity index (χ0) is 16.0. The van der Waals surface area contributed by atoms with Crippen molar-refractivity contribution in [3.63, 3.8) is 0 Å². The lowest BCUT2D eigenvalue weighted by atomic mass is 10.0. The van der Waals surface area contributed by atoms with Crippen molar-refractivity contribution in [2.24, 2.45) is 0 Å². The molecule has 1 aromatic rings. The fraction of sp³-hybridized carbons (Fsp3) is 0.500. The van der Waals surface area contributed by atoms with Crippen LogP contribution in [-0.2, 0) is 14.3 Å². The molecule has 0 saturated carbocycles. The van der Waals surface area contributed by atoms with Crippen molar-refractivity contribution in [3.8, 4) is 5.75 Å². The van der Waals surface area contributed by atoms with E-state index < -0.39 is 5.97 Å². The third-order valence-corrected chi connectivity index (χ3v) is 3.28. The minimum absolute atomic E-state index is 0.154. The summed E-state index contributed by atoms with van der Waals surface area (Å²) in [5.41, 5.74) is 1.82. The number of Topliss-reactive ketones (excluding diaryl/α,β-unsaturated/α-hetero) is 1. The molecular weight excluding hydrogens is 292 g/mol. The van der Waals surface area contributed by atoms with Crippen molar-refractivity contribution in [2.45, 2.75) is 40.0 Å². The minimum Gasteiger partial charge on any atom is -0.486 e. The zero-order valence-corrected chi connectivity index (χ0v) is 13.6. The van der Waals surface area contributed by atoms with Crippen molar-refractivity contribution >= 4 is 23.4 Å². The van der Waals surface area contributed by atoms with Crippen LogP contribution in [0.3, 0.4) is 0 Å². The Morgan fingerprint density at radius 1 is 1.29 bits per heavy atom. The molecule has 0 spiro atoms. The van der Waals surface area contributed by atoms with Gasteiger partial charge in [-0.05, 0) is 43.0 Å². The Kier molecular flexibility index (Phi) is 6.69. The van der Waals surface area contributed by atoms with E-state index in [-0.39, 0.29) is 31.3 Å². The Balaban J connectivity index is 2.69. The molecule has 5 heteroatoms. The Morgan fingerprint density at radius 3 is 2.52 bits per heavy atom. The monoisotopic (exact) mass is 312 g/mol. The van der Waals surface area contributed by atoms with Crippen LogP contribution in [0, 0.1) is 6.92 Å². The van der Waals surface area contributed by atoms with E-state index in [0.29, 0.717) is 10.8 Å². The Bertz CT molecular complexity index is 523. The van der Waals surface area contributed by atoms with Crippen LogP contribution in [0.15, 0.2) is 12.1 Å². The van der Waals surface area contributed by atoms with E-state index in [1.165, 1.54) is 0 Å². The van der Waals surface area contributed by atoms with Gasteiger partial charge in [-0.3, -0.25) is 9.59 Å². The summed E-state index contributed by atoms with van der Waals surface area (Å²) in [4.78, 5) is 22.9. The molecule has 1 rings (SSSR count). The maximum Gasteiger partial charge on any atom is 0.313 e. The van der Waals surface area contributed by atoms with E-state index in [1.807, 2.05) is 32.9 Å². The molecule has 21 heavy (non-hydrogen) atoms. The zero-order valence-electron chi connectivity index (χ0n) is 12.9. The topological polar surface area (TPSA) is 52.6 Å². The van der Waals surface area contributed by atoms with Crippen molar-refractivity contribution in [1.82, 2.24) is 0 Å². The maximum atomic E-state index is 11.6. The molecule has 0 atom stereocenters. The van der Waals surface area contributed by atoms with E-state index in [4.69, 9.17) is 21.1 Å². The smallest absolute Gasteiger partial charge is 0.313 e. The molecule has 0 aliphatic rings. The Labute approximate surface area is 130 Å². The summed E-state index contributed by atoms with van der Waals surface area (Å²) >= 11 is 6.18. The number of esters is 1. The normalized spacial score (nSPS) is 10.6. The Morgan fingerprint density at radius 2 is 1.95 bits per heavy atom. The molecule has 0 N–H and O–H groups in total. The van der Waals surface area contributed by atoms with Crippen molar-refractivity contribution in [3.05, 3.63) is 28.3 Å². The third kappa shape index (κ3) is 5.38. The standard InChI is InChI=1S/C16H21ClO4/c1-5-20-16(19)7-12(18)9-21-15-8-13(10(2)3)14(17)6-11(15)4/h6,8,10H,5,7,9H2,1-4H3. The SMILES string of the molecule is CCOC(=O)CC(=O)COc1cc(C(C)C)c(Cl)cc1C. The molecule has 0 bridgehead atoms. The fourth-order valence-electron chi connectivity index (χ4n) is 1.85. The van der Waals surface area contributed by atoms with Crippen LogP contribution >= 0.6 is 11.6 Å². The molecule has 0 aliphatic heterocycles. The summed E-state index contributed by atoms with van der Waals surface area (Å²) in [5.74, 6) is 0.0340. The summed E-state index contributed by atoms with van der Waals surface area (Å²) in [5, 5.41) is 0.688. The van der Waals surface area contributed by atoms with Gasteiger partial charge in [-0.25, -0.2) is 0 Å². The van der Waals surface area contributed by atoms with Crippen molar-refractivity contribution < 1.29 is 19.1 Å². The predicted octanol–water partition coefficient (Wildman–Crippen LogP) is 3.67. The first-order valence-corrected chi connectivity index (χ1v) is 7.33. The summed E-state index contributed by atoms with van der Waals surface area (Å²) in [6.45, 7) is 7.74. The highest BCUT2D eigenvalue weighted by atomic mass is 35.5. The average Bonchev–Trinajstić information content (AvgIpc) is 2.37. The van der Waals surface area contributed by atoms with Gasteiger partial charge in [-0.15, -0.1) is 0 Å². The highest BCUT2D eigenvalue weighted by molar-refractivity contribution is 6.31. The van der Waals surface area contributed by atoms with Gasteiger partial charge in [0, 0.05) is 5.02 Å². The number of benzene rings is 1. The number of carbonyl (C=O) groups excluding carboxylic acids is 2. The molecule has 0 aliphatic carbocycles. The lowest BCUT2D eigenvalue weighted by Gasteiger charge is -2.14. The summed E-state index contributed by atoms with van der Waals surface area (Å²) < 4.78 is 10.2. The van der Waals surface area contributed by atoms with Gasteiger partial charge in [0.15, 0.2) is 5.78 Å². The molecule has 0 amide bonds. The number of halogens is 1. The highest BCUT2D eigenvalue weighted by Gasteiger charge is 2.14. The quantitative estimate of drug-likeness (QED) is 0.569. The largest absolute Gasteiger partial charge is 0.486 e. The molecule has 4 nitrogen and oxygen atoms in total. The van der Waals surface area contributed by atoms with Crippen LogP contribution in [0.4, 0.5) is 0 Å². The molecule has 0 saturated heterocycles. The third-order valence-electron chi connectivity index (χ3n) is 2.95. The first-order chi connectivity index (χ1) is 9.85. The second-order valence-electron chi connectivity index (χ2n) is 5.10. The van der Waals surface area contributed by atoms with Crippen LogP contribution in [0.5, 0.6) is 5.75 Å². The van der Waals surface area contributed by atoms with E-state index >= 15 is 0 Å². The summed E-state index contributed by atoms with van der Waals surface area (Å²) in [6, 6.07) is 3.67. The van der Waals surface area contributed by atoms with Crippen LogP contribution in [0.1, 0.15) is 44.2 Å². The maximum absolute atomic E-state index is 11.6. The van der Waals surface area contributed by atoms with Gasteiger partial charge in [0.1, 0.15) is 18.8 Å². The molecule has 0 radical (unpaired) electrons. The highest BCUT2D eigenvalue weighted by Crippen LogP contribution is 2.31. The van der Waals surface area contributed by atoms with Gasteiger partial charge >= 0.3 is 5.97 Å². The van der Waals surface area contributed by atoms with Crippen LogP contribution in [0.25, 0.3) is 0 Å². The van der Waals surface area contributed by atoms with Gasteiger partial charge in [-0.2, -0.15) is 0 Å². The van der Waals surface area contributed by atoms with E-state index in [2.05, 4.69) is 0 Å². The molecule has 0 heterocycles. The van der Waals surface area contributed by atoms with Crippen molar-refractivity contribution in [2.75, 3.05) is 13.2 Å². The number of hydrogen-bond acceptors (Lipinski definition) is 4. The second kappa shape index (κ2) is 8.03. The molecular formula is C16H21ClO4. The van der Waals surface area contributed by atoms with Crippen molar-refractivity contribution in [1.29, 1.82) is 0 Å². The van der Waals surface area contributed by atoms with Crippen LogP contribution in [0.2, 0.25) is 5.02 Å². The molecule has 1 aromatic carbocycles. The number of hydrogen-bond donors (Lipinski definition) is 0. The number of rotatable bonds is 7. The van der Waals surface area contributed by atoms with Gasteiger partial charge in [0.05, 0.1) is 6.61 Å². The Hall–Kier alpha value is -1.55. The van der Waals surface area contributed by atoms with E-state index in [9.17, 15) is 9.59 Å². The summed E-state index contributed by atoms with van der Waals surface area (Å²) in [6.07, 6.45) is -0.266. The van der Waals surface area contributed by atoms with Crippen LogP contribution < -0.4 is 4.74 Å². The van der Waals surface area contributed by atoms with E-state index in [1.54, 1.807) is 6.92 Å². The van der Waals surface area contributed by atoms with Gasteiger partial charge in [0.25, 0.3) is 0 Å². The number of ether oxygens (including phenoxy) is 2. The molecule has 0 unspecified atom stereocenters. The molecule has 0 aromatic heterocycles. The number of ketones is 1. The average molecular weight is 313 g/mol. The van der Waals surface area contributed by atoms with Gasteiger partial charge in [-0.1, -0.05) is 25.4 Å². The molecule has 116 valence electrons. The second-order valence-corrected chi connectivity index (χ2v) is 5.51. The molecule has 0 fully saturated rings. The fourth-order valence-corrected chi connectivity index (χ4v) is 2.29. The predicted molar refractivity (Wildman–Crippen MR) is 82.0 cm³/mol. The first-order valence-electron chi connectivity index (χ1n) is 6.95. The lowest BCUT2D eigenvalue weighted by Crippen LogP contribution is -2.17. The number of aryl methyl sites for hydroxylation is 1. The van der Waals surface area contributed by atoms with Gasteiger partial charge in [0.2, 0.25) is 0 Å². The first kappa shape index (κ1) is 17.5. The summed E-state index contributed by atoms with van der Waals surface area (Å²) in [7, 11) is 0. The van der Waals surface area contributed by atoms with E-state index in [0.717, 1.165) is 11.1 Å². The minimum atomic E-state index is -0.526.